The molecule has 0 radical (unpaired) electrons. The van der Waals surface area contributed by atoms with Crippen LogP contribution >= 0.6 is 0 Å². The minimum Gasteiger partial charge on any atom is -0.481 e. The van der Waals surface area contributed by atoms with Gasteiger partial charge in [0.25, 0.3) is 5.91 Å². The molecule has 1 atom stereocenters. The molecule has 0 saturated carbocycles. The minimum absolute atomic E-state index is 0.0661. The van der Waals surface area contributed by atoms with E-state index in [1.165, 1.54) is 0 Å². The number of nitrogens with one attached hydrogen (secondary N) is 2. The Bertz CT molecular complexity index is 774. The van der Waals surface area contributed by atoms with Gasteiger partial charge in [0.1, 0.15) is 5.75 Å². The summed E-state index contributed by atoms with van der Waals surface area (Å²) in [6.45, 7) is 4.89. The van der Waals surface area contributed by atoms with Gasteiger partial charge in [0.05, 0.1) is 19.8 Å². The van der Waals surface area contributed by atoms with Crippen LogP contribution in [0.4, 0.5) is 11.4 Å². The van der Waals surface area contributed by atoms with E-state index in [1.807, 2.05) is 18.2 Å². The van der Waals surface area contributed by atoms with E-state index in [1.54, 1.807) is 43.3 Å². The lowest BCUT2D eigenvalue weighted by atomic mass is 10.2. The lowest BCUT2D eigenvalue weighted by Crippen LogP contribution is -2.41. The first-order chi connectivity index (χ1) is 13.6. The summed E-state index contributed by atoms with van der Waals surface area (Å²) in [6, 6.07) is 16.2. The third-order valence-electron chi connectivity index (χ3n) is 4.33. The molecule has 1 aliphatic rings. The summed E-state index contributed by atoms with van der Waals surface area (Å²) in [6.07, 6.45) is -0.629. The summed E-state index contributed by atoms with van der Waals surface area (Å²) in [5.41, 5.74) is 1.32. The molecular formula is C21H25N3O4. The summed E-state index contributed by atoms with van der Waals surface area (Å²) in [7, 11) is 0. The number of morpholine rings is 1. The average Bonchev–Trinajstić information content (AvgIpc) is 2.71. The molecule has 7 heteroatoms. The maximum Gasteiger partial charge on any atom is 0.265 e. The van der Waals surface area contributed by atoms with Gasteiger partial charge in [-0.15, -0.1) is 0 Å². The van der Waals surface area contributed by atoms with Crippen LogP contribution in [0.3, 0.4) is 0 Å². The van der Waals surface area contributed by atoms with E-state index in [2.05, 4.69) is 15.5 Å². The van der Waals surface area contributed by atoms with Crippen LogP contribution in [0.15, 0.2) is 54.6 Å². The van der Waals surface area contributed by atoms with Crippen molar-refractivity contribution in [1.82, 2.24) is 4.90 Å². The van der Waals surface area contributed by atoms with Crippen LogP contribution in [0.5, 0.6) is 5.75 Å². The predicted octanol–water partition coefficient (Wildman–Crippen LogP) is 2.36. The van der Waals surface area contributed by atoms with Crippen LogP contribution in [-0.2, 0) is 14.3 Å². The Labute approximate surface area is 164 Å². The zero-order chi connectivity index (χ0) is 19.8. The van der Waals surface area contributed by atoms with E-state index in [9.17, 15) is 9.59 Å². The summed E-state index contributed by atoms with van der Waals surface area (Å²) in [4.78, 5) is 26.5. The van der Waals surface area contributed by atoms with Crippen LogP contribution in [0, 0.1) is 0 Å². The van der Waals surface area contributed by atoms with Gasteiger partial charge in [0.15, 0.2) is 6.10 Å². The molecule has 0 spiro atoms. The number of hydrogen-bond acceptors (Lipinski definition) is 5. The third kappa shape index (κ3) is 6.07. The van der Waals surface area contributed by atoms with Crippen molar-refractivity contribution in [3.05, 3.63) is 54.6 Å². The standard InChI is InChI=1S/C21H25N3O4/c1-16(28-19-5-3-2-4-6-19)21(26)23-18-9-7-17(8-10-18)22-20(25)15-24-11-13-27-14-12-24/h2-10,16H,11-15H2,1H3,(H,22,25)(H,23,26). The molecule has 0 bridgehead atoms. The zero-order valence-electron chi connectivity index (χ0n) is 15.9. The predicted molar refractivity (Wildman–Crippen MR) is 107 cm³/mol. The fraction of sp³-hybridized carbons (Fsp3) is 0.333. The molecule has 1 aliphatic heterocycles. The smallest absolute Gasteiger partial charge is 0.265 e. The Morgan fingerprint density at radius 3 is 2.25 bits per heavy atom. The van der Waals surface area contributed by atoms with E-state index in [0.29, 0.717) is 36.9 Å². The Morgan fingerprint density at radius 2 is 1.61 bits per heavy atom. The maximum atomic E-state index is 12.3. The normalized spacial score (nSPS) is 15.5. The summed E-state index contributed by atoms with van der Waals surface area (Å²) >= 11 is 0. The Hall–Kier alpha value is -2.90. The largest absolute Gasteiger partial charge is 0.481 e. The molecule has 2 aromatic rings. The summed E-state index contributed by atoms with van der Waals surface area (Å²) in [5.74, 6) is 0.333. The molecule has 28 heavy (non-hydrogen) atoms. The number of carbonyl (C=O) groups excluding carboxylic acids is 2. The number of benzene rings is 2. The lowest BCUT2D eigenvalue weighted by Gasteiger charge is -2.25. The van der Waals surface area contributed by atoms with Crippen molar-refractivity contribution in [2.45, 2.75) is 13.0 Å². The van der Waals surface area contributed by atoms with E-state index in [0.717, 1.165) is 13.1 Å². The highest BCUT2D eigenvalue weighted by Crippen LogP contribution is 2.16. The van der Waals surface area contributed by atoms with Gasteiger partial charge in [-0.3, -0.25) is 14.5 Å². The molecule has 2 N–H and O–H groups in total. The van der Waals surface area contributed by atoms with Gasteiger partial charge in [-0.25, -0.2) is 0 Å². The molecule has 1 fully saturated rings. The van der Waals surface area contributed by atoms with Gasteiger partial charge in [-0.2, -0.15) is 0 Å². The molecule has 3 rings (SSSR count). The molecule has 7 nitrogen and oxygen atoms in total. The fourth-order valence-electron chi connectivity index (χ4n) is 2.80. The molecule has 1 saturated heterocycles. The van der Waals surface area contributed by atoms with Crippen molar-refractivity contribution in [3.63, 3.8) is 0 Å². The van der Waals surface area contributed by atoms with Crippen molar-refractivity contribution in [3.8, 4) is 5.75 Å². The van der Waals surface area contributed by atoms with Crippen molar-refractivity contribution < 1.29 is 19.1 Å². The van der Waals surface area contributed by atoms with Crippen LogP contribution in [0.2, 0.25) is 0 Å². The van der Waals surface area contributed by atoms with E-state index in [4.69, 9.17) is 9.47 Å². The van der Waals surface area contributed by atoms with Gasteiger partial charge >= 0.3 is 0 Å². The minimum atomic E-state index is -0.629. The SMILES string of the molecule is CC(Oc1ccccc1)C(=O)Nc1ccc(NC(=O)CN2CCOCC2)cc1. The van der Waals surface area contributed by atoms with Gasteiger partial charge in [-0.1, -0.05) is 18.2 Å². The van der Waals surface area contributed by atoms with Crippen LogP contribution < -0.4 is 15.4 Å². The maximum absolute atomic E-state index is 12.3. The van der Waals surface area contributed by atoms with E-state index < -0.39 is 6.10 Å². The van der Waals surface area contributed by atoms with E-state index in [-0.39, 0.29) is 11.8 Å². The van der Waals surface area contributed by atoms with Crippen molar-refractivity contribution in [1.29, 1.82) is 0 Å². The van der Waals surface area contributed by atoms with Gasteiger partial charge in [0, 0.05) is 24.5 Å². The number of nitrogens with zero attached hydrogens (tertiary/aromatic N) is 1. The van der Waals surface area contributed by atoms with Crippen LogP contribution in [-0.4, -0.2) is 55.7 Å². The first kappa shape index (κ1) is 19.9. The van der Waals surface area contributed by atoms with Crippen molar-refractivity contribution in [2.75, 3.05) is 43.5 Å². The topological polar surface area (TPSA) is 79.9 Å². The first-order valence-electron chi connectivity index (χ1n) is 9.33. The monoisotopic (exact) mass is 383 g/mol. The molecule has 148 valence electrons. The quantitative estimate of drug-likeness (QED) is 0.767. The Balaban J connectivity index is 1.46. The average molecular weight is 383 g/mol. The number of para-hydroxylation sites is 1. The molecule has 0 aromatic heterocycles. The van der Waals surface area contributed by atoms with Gasteiger partial charge in [0.2, 0.25) is 5.91 Å². The van der Waals surface area contributed by atoms with Crippen LogP contribution in [0.1, 0.15) is 6.92 Å². The highest BCUT2D eigenvalue weighted by molar-refractivity contribution is 5.95. The van der Waals surface area contributed by atoms with Crippen molar-refractivity contribution in [2.24, 2.45) is 0 Å². The van der Waals surface area contributed by atoms with Crippen molar-refractivity contribution >= 4 is 23.2 Å². The molecular weight excluding hydrogens is 358 g/mol. The third-order valence-corrected chi connectivity index (χ3v) is 4.33. The Morgan fingerprint density at radius 1 is 1.00 bits per heavy atom. The number of carbonyl (C=O) groups is 2. The first-order valence-corrected chi connectivity index (χ1v) is 9.33. The molecule has 0 aliphatic carbocycles. The second-order valence-corrected chi connectivity index (χ2v) is 6.58. The molecule has 1 heterocycles. The van der Waals surface area contributed by atoms with Gasteiger partial charge < -0.3 is 20.1 Å². The number of anilines is 2. The molecule has 1 unspecified atom stereocenters. The van der Waals surface area contributed by atoms with E-state index >= 15 is 0 Å². The fourth-order valence-corrected chi connectivity index (χ4v) is 2.80. The summed E-state index contributed by atoms with van der Waals surface area (Å²) < 4.78 is 10.9. The zero-order valence-corrected chi connectivity index (χ0v) is 15.9. The number of ether oxygens (including phenoxy) is 2. The second-order valence-electron chi connectivity index (χ2n) is 6.58. The van der Waals surface area contributed by atoms with Crippen LogP contribution in [0.25, 0.3) is 0 Å². The second kappa shape index (κ2) is 9.87. The number of amides is 2. The Kier molecular flexibility index (Phi) is 7.00. The highest BCUT2D eigenvalue weighted by Gasteiger charge is 2.16. The van der Waals surface area contributed by atoms with Gasteiger partial charge in [-0.05, 0) is 43.3 Å². The number of hydrogen-bond donors (Lipinski definition) is 2. The number of rotatable bonds is 7. The lowest BCUT2D eigenvalue weighted by molar-refractivity contribution is -0.122. The molecule has 2 amide bonds. The highest BCUT2D eigenvalue weighted by atomic mass is 16.5. The molecule has 2 aromatic carbocycles. The summed E-state index contributed by atoms with van der Waals surface area (Å²) in [5, 5.41) is 5.68.